The fourth-order valence-electron chi connectivity index (χ4n) is 3.07. The smallest absolute Gasteiger partial charge is 0.166 e. The minimum absolute atomic E-state index is 0.327. The van der Waals surface area contributed by atoms with E-state index in [1.54, 1.807) is 6.07 Å². The fourth-order valence-corrected chi connectivity index (χ4v) is 3.07. The predicted octanol–water partition coefficient (Wildman–Crippen LogP) is 3.48. The van der Waals surface area contributed by atoms with Gasteiger partial charge in [-0.05, 0) is 38.0 Å². The number of nitrogens with zero attached hydrogens (tertiary/aromatic N) is 3. The van der Waals surface area contributed by atoms with Gasteiger partial charge < -0.3 is 10.3 Å². The van der Waals surface area contributed by atoms with E-state index in [-0.39, 0.29) is 5.82 Å². The zero-order valence-electron chi connectivity index (χ0n) is 11.6. The Bertz CT molecular complexity index is 614. The third-order valence-electron chi connectivity index (χ3n) is 4.06. The standard InChI is InChI=1S/C15H19FN4/c1-10-18-19-15(13-8-7-11(16)9-14(13)17)20(10)12-5-3-2-4-6-12/h7-9,12H,2-6,17H2,1H3. The number of nitrogen functional groups attached to an aromatic ring is 1. The van der Waals surface area contributed by atoms with Crippen molar-refractivity contribution in [3.05, 3.63) is 29.8 Å². The lowest BCUT2D eigenvalue weighted by Gasteiger charge is -2.25. The van der Waals surface area contributed by atoms with Gasteiger partial charge in [0.15, 0.2) is 5.82 Å². The van der Waals surface area contributed by atoms with Crippen LogP contribution in [0, 0.1) is 12.7 Å². The second-order valence-corrected chi connectivity index (χ2v) is 5.46. The van der Waals surface area contributed by atoms with Gasteiger partial charge >= 0.3 is 0 Å². The maximum absolute atomic E-state index is 13.2. The number of hydrogen-bond acceptors (Lipinski definition) is 3. The second-order valence-electron chi connectivity index (χ2n) is 5.46. The maximum Gasteiger partial charge on any atom is 0.166 e. The van der Waals surface area contributed by atoms with Crippen LogP contribution in [0.15, 0.2) is 18.2 Å². The molecule has 1 aromatic carbocycles. The van der Waals surface area contributed by atoms with Crippen molar-refractivity contribution in [1.82, 2.24) is 14.8 Å². The average molecular weight is 274 g/mol. The Morgan fingerprint density at radius 1 is 1.20 bits per heavy atom. The lowest BCUT2D eigenvalue weighted by Crippen LogP contribution is -2.15. The summed E-state index contributed by atoms with van der Waals surface area (Å²) in [6.07, 6.45) is 6.06. The van der Waals surface area contributed by atoms with E-state index in [0.29, 0.717) is 11.7 Å². The van der Waals surface area contributed by atoms with Crippen LogP contribution in [0.5, 0.6) is 0 Å². The summed E-state index contributed by atoms with van der Waals surface area (Å²) in [5.74, 6) is 1.33. The van der Waals surface area contributed by atoms with Crippen LogP contribution in [0.25, 0.3) is 11.4 Å². The first-order valence-electron chi connectivity index (χ1n) is 7.13. The molecule has 1 fully saturated rings. The lowest BCUT2D eigenvalue weighted by atomic mass is 9.95. The summed E-state index contributed by atoms with van der Waals surface area (Å²) in [5.41, 5.74) is 7.11. The summed E-state index contributed by atoms with van der Waals surface area (Å²) in [6.45, 7) is 1.96. The van der Waals surface area contributed by atoms with Crippen molar-refractivity contribution in [3.8, 4) is 11.4 Å². The number of rotatable bonds is 2. The monoisotopic (exact) mass is 274 g/mol. The summed E-state index contributed by atoms with van der Waals surface area (Å²) in [6, 6.07) is 4.87. The molecule has 2 aromatic rings. The summed E-state index contributed by atoms with van der Waals surface area (Å²) in [4.78, 5) is 0. The van der Waals surface area contributed by atoms with Crippen LogP contribution in [-0.4, -0.2) is 14.8 Å². The highest BCUT2D eigenvalue weighted by Gasteiger charge is 2.22. The average Bonchev–Trinajstić information content (AvgIpc) is 2.81. The molecule has 4 nitrogen and oxygen atoms in total. The number of halogens is 1. The van der Waals surface area contributed by atoms with E-state index in [2.05, 4.69) is 14.8 Å². The lowest BCUT2D eigenvalue weighted by molar-refractivity contribution is 0.350. The van der Waals surface area contributed by atoms with Crippen molar-refractivity contribution in [2.45, 2.75) is 45.1 Å². The van der Waals surface area contributed by atoms with E-state index in [0.717, 1.165) is 30.1 Å². The summed E-state index contributed by atoms with van der Waals surface area (Å²) in [5, 5.41) is 8.46. The van der Waals surface area contributed by atoms with Crippen LogP contribution in [0.4, 0.5) is 10.1 Å². The number of aromatic nitrogens is 3. The van der Waals surface area contributed by atoms with Gasteiger partial charge in [-0.2, -0.15) is 0 Å². The Kier molecular flexibility index (Phi) is 3.42. The zero-order valence-corrected chi connectivity index (χ0v) is 11.6. The molecule has 1 saturated carbocycles. The molecule has 5 heteroatoms. The van der Waals surface area contributed by atoms with Gasteiger partial charge in [0.2, 0.25) is 0 Å². The third kappa shape index (κ3) is 2.28. The molecule has 0 saturated heterocycles. The molecule has 0 amide bonds. The molecule has 0 atom stereocenters. The topological polar surface area (TPSA) is 56.7 Å². The Morgan fingerprint density at radius 3 is 2.65 bits per heavy atom. The van der Waals surface area contributed by atoms with Crippen molar-refractivity contribution >= 4 is 5.69 Å². The van der Waals surface area contributed by atoms with E-state index in [1.165, 1.54) is 31.4 Å². The second kappa shape index (κ2) is 5.23. The SMILES string of the molecule is Cc1nnc(-c2ccc(F)cc2N)n1C1CCCCC1. The minimum atomic E-state index is -0.327. The van der Waals surface area contributed by atoms with Crippen molar-refractivity contribution < 1.29 is 4.39 Å². The number of aryl methyl sites for hydroxylation is 1. The molecule has 0 spiro atoms. The molecule has 0 bridgehead atoms. The summed E-state index contributed by atoms with van der Waals surface area (Å²) >= 11 is 0. The van der Waals surface area contributed by atoms with Crippen LogP contribution in [0.1, 0.15) is 44.0 Å². The highest BCUT2D eigenvalue weighted by atomic mass is 19.1. The van der Waals surface area contributed by atoms with Crippen LogP contribution in [0.3, 0.4) is 0 Å². The first-order valence-corrected chi connectivity index (χ1v) is 7.13. The van der Waals surface area contributed by atoms with E-state index in [4.69, 9.17) is 5.73 Å². The molecule has 1 aliphatic rings. The first-order chi connectivity index (χ1) is 9.66. The number of anilines is 1. The van der Waals surface area contributed by atoms with Gasteiger partial charge in [-0.1, -0.05) is 19.3 Å². The molecule has 0 radical (unpaired) electrons. The molecule has 1 aliphatic carbocycles. The quantitative estimate of drug-likeness (QED) is 0.853. The van der Waals surface area contributed by atoms with Gasteiger partial charge in [0.1, 0.15) is 11.6 Å². The normalized spacial score (nSPS) is 16.5. The van der Waals surface area contributed by atoms with Crippen molar-refractivity contribution in [1.29, 1.82) is 0 Å². The number of nitrogens with two attached hydrogens (primary N) is 1. The summed E-state index contributed by atoms with van der Waals surface area (Å²) < 4.78 is 15.4. The predicted molar refractivity (Wildman–Crippen MR) is 76.7 cm³/mol. The molecule has 0 aliphatic heterocycles. The van der Waals surface area contributed by atoms with Gasteiger partial charge in [-0.15, -0.1) is 10.2 Å². The molecule has 1 aromatic heterocycles. The number of hydrogen-bond donors (Lipinski definition) is 1. The Balaban J connectivity index is 2.05. The first kappa shape index (κ1) is 13.1. The fraction of sp³-hybridized carbons (Fsp3) is 0.467. The zero-order chi connectivity index (χ0) is 14.1. The third-order valence-corrected chi connectivity index (χ3v) is 4.06. The Hall–Kier alpha value is -1.91. The highest BCUT2D eigenvalue weighted by molar-refractivity contribution is 5.71. The van der Waals surface area contributed by atoms with Crippen LogP contribution >= 0.6 is 0 Å². The minimum Gasteiger partial charge on any atom is -0.398 e. The van der Waals surface area contributed by atoms with Gasteiger partial charge in [0, 0.05) is 17.3 Å². The van der Waals surface area contributed by atoms with E-state index < -0.39 is 0 Å². The van der Waals surface area contributed by atoms with Crippen LogP contribution < -0.4 is 5.73 Å². The maximum atomic E-state index is 13.2. The molecular formula is C15H19FN4. The van der Waals surface area contributed by atoms with Crippen LogP contribution in [-0.2, 0) is 0 Å². The molecule has 106 valence electrons. The van der Waals surface area contributed by atoms with Crippen molar-refractivity contribution in [2.75, 3.05) is 5.73 Å². The molecular weight excluding hydrogens is 255 g/mol. The largest absolute Gasteiger partial charge is 0.398 e. The molecule has 0 unspecified atom stereocenters. The molecule has 2 N–H and O–H groups in total. The van der Waals surface area contributed by atoms with E-state index in [9.17, 15) is 4.39 Å². The number of benzene rings is 1. The molecule has 1 heterocycles. The van der Waals surface area contributed by atoms with Crippen LogP contribution in [0.2, 0.25) is 0 Å². The summed E-state index contributed by atoms with van der Waals surface area (Å²) in [7, 11) is 0. The van der Waals surface area contributed by atoms with Gasteiger partial charge in [-0.25, -0.2) is 4.39 Å². The molecule has 20 heavy (non-hydrogen) atoms. The molecule has 3 rings (SSSR count). The van der Waals surface area contributed by atoms with Gasteiger partial charge in [0.05, 0.1) is 0 Å². The Morgan fingerprint density at radius 2 is 1.95 bits per heavy atom. The van der Waals surface area contributed by atoms with Crippen molar-refractivity contribution in [2.24, 2.45) is 0 Å². The van der Waals surface area contributed by atoms with E-state index in [1.807, 2.05) is 6.92 Å². The van der Waals surface area contributed by atoms with Crippen molar-refractivity contribution in [3.63, 3.8) is 0 Å². The Labute approximate surface area is 117 Å². The van der Waals surface area contributed by atoms with Gasteiger partial charge in [0.25, 0.3) is 0 Å². The highest BCUT2D eigenvalue weighted by Crippen LogP contribution is 2.34. The van der Waals surface area contributed by atoms with Gasteiger partial charge in [-0.3, -0.25) is 0 Å². The van der Waals surface area contributed by atoms with E-state index >= 15 is 0 Å².